The summed E-state index contributed by atoms with van der Waals surface area (Å²) in [5, 5.41) is 0. The second kappa shape index (κ2) is 9.75. The summed E-state index contributed by atoms with van der Waals surface area (Å²) in [5.74, 6) is -0.211. The fourth-order valence-electron chi connectivity index (χ4n) is 1.50. The molecule has 0 bridgehead atoms. The lowest BCUT2D eigenvalue weighted by Gasteiger charge is -2.06. The van der Waals surface area contributed by atoms with Crippen molar-refractivity contribution in [1.82, 2.24) is 0 Å². The molecule has 0 saturated carbocycles. The minimum Gasteiger partial charge on any atom is -0.466 e. The van der Waals surface area contributed by atoms with Gasteiger partial charge in [-0.05, 0) is 25.7 Å². The van der Waals surface area contributed by atoms with Gasteiger partial charge in [-0.15, -0.1) is 0 Å². The van der Waals surface area contributed by atoms with Crippen LogP contribution in [0.5, 0.6) is 0 Å². The van der Waals surface area contributed by atoms with Crippen molar-refractivity contribution in [2.75, 3.05) is 7.11 Å². The van der Waals surface area contributed by atoms with Crippen LogP contribution in [-0.2, 0) is 9.53 Å². The Morgan fingerprint density at radius 1 is 1.07 bits per heavy atom. The van der Waals surface area contributed by atoms with Crippen molar-refractivity contribution < 1.29 is 9.53 Å². The molecule has 88 valence electrons. The summed E-state index contributed by atoms with van der Waals surface area (Å²) in [4.78, 5) is 11.1. The van der Waals surface area contributed by atoms with E-state index in [9.17, 15) is 4.79 Å². The fourth-order valence-corrected chi connectivity index (χ4v) is 1.50. The number of carbonyl (C=O) groups excluding carboxylic acids is 1. The quantitative estimate of drug-likeness (QED) is 0.347. The second-order valence-electron chi connectivity index (χ2n) is 3.89. The zero-order chi connectivity index (χ0) is 11.5. The average Bonchev–Trinajstić information content (AvgIpc) is 2.25. The first kappa shape index (κ1) is 14.2. The molecule has 0 radical (unpaired) electrons. The zero-order valence-electron chi connectivity index (χ0n) is 10.3. The highest BCUT2D eigenvalue weighted by molar-refractivity contribution is 5.82. The lowest BCUT2D eigenvalue weighted by atomic mass is 10.0. The summed E-state index contributed by atoms with van der Waals surface area (Å²) in [5.41, 5.74) is 1.25. The highest BCUT2D eigenvalue weighted by atomic mass is 16.5. The predicted molar refractivity (Wildman–Crippen MR) is 63.8 cm³/mol. The predicted octanol–water partition coefficient (Wildman–Crippen LogP) is 3.86. The highest BCUT2D eigenvalue weighted by Gasteiger charge is 2.01. The summed E-state index contributed by atoms with van der Waals surface area (Å²) in [7, 11) is 1.43. The maximum absolute atomic E-state index is 11.1. The SMILES string of the molecule is CCCCC/C(=C\C(=O)OC)CCCC. The standard InChI is InChI=1S/C13H24O2/c1-4-6-8-10-12(9-7-5-2)11-13(14)15-3/h11H,4-10H2,1-3H3/b12-11-. The van der Waals surface area contributed by atoms with Crippen LogP contribution in [0.15, 0.2) is 11.6 Å². The zero-order valence-corrected chi connectivity index (χ0v) is 10.3. The molecule has 0 rings (SSSR count). The van der Waals surface area contributed by atoms with Crippen LogP contribution >= 0.6 is 0 Å². The number of ether oxygens (including phenoxy) is 1. The van der Waals surface area contributed by atoms with Gasteiger partial charge in [0.1, 0.15) is 0 Å². The maximum Gasteiger partial charge on any atom is 0.330 e. The molecular formula is C13H24O2. The van der Waals surface area contributed by atoms with E-state index in [-0.39, 0.29) is 5.97 Å². The molecule has 0 saturated heterocycles. The number of rotatable bonds is 8. The molecule has 15 heavy (non-hydrogen) atoms. The van der Waals surface area contributed by atoms with E-state index in [4.69, 9.17) is 0 Å². The van der Waals surface area contributed by atoms with Crippen LogP contribution in [0.3, 0.4) is 0 Å². The number of carbonyl (C=O) groups is 1. The van der Waals surface area contributed by atoms with Gasteiger partial charge in [-0.1, -0.05) is 38.7 Å². The number of hydrogen-bond acceptors (Lipinski definition) is 2. The van der Waals surface area contributed by atoms with Crippen molar-refractivity contribution in [3.05, 3.63) is 11.6 Å². The van der Waals surface area contributed by atoms with Crippen LogP contribution in [0.4, 0.5) is 0 Å². The topological polar surface area (TPSA) is 26.3 Å². The van der Waals surface area contributed by atoms with Gasteiger partial charge >= 0.3 is 5.97 Å². The Labute approximate surface area is 93.7 Å². The Bertz CT molecular complexity index is 195. The number of esters is 1. The molecule has 0 spiro atoms. The van der Waals surface area contributed by atoms with Crippen molar-refractivity contribution in [2.45, 2.75) is 58.8 Å². The van der Waals surface area contributed by atoms with Gasteiger partial charge in [0.05, 0.1) is 7.11 Å². The average molecular weight is 212 g/mol. The second-order valence-corrected chi connectivity index (χ2v) is 3.89. The van der Waals surface area contributed by atoms with Crippen molar-refractivity contribution in [1.29, 1.82) is 0 Å². The number of allylic oxidation sites excluding steroid dienone is 1. The Hall–Kier alpha value is -0.790. The molecule has 0 aromatic rings. The highest BCUT2D eigenvalue weighted by Crippen LogP contribution is 2.15. The summed E-state index contributed by atoms with van der Waals surface area (Å²) < 4.78 is 4.65. The molecule has 0 unspecified atom stereocenters. The number of hydrogen-bond donors (Lipinski definition) is 0. The Balaban J connectivity index is 4.04. The Kier molecular flexibility index (Phi) is 9.24. The van der Waals surface area contributed by atoms with Gasteiger partial charge in [0.25, 0.3) is 0 Å². The van der Waals surface area contributed by atoms with Crippen LogP contribution in [-0.4, -0.2) is 13.1 Å². The lowest BCUT2D eigenvalue weighted by molar-refractivity contribution is -0.134. The van der Waals surface area contributed by atoms with Gasteiger partial charge in [-0.3, -0.25) is 0 Å². The van der Waals surface area contributed by atoms with Gasteiger partial charge in [0.2, 0.25) is 0 Å². The minimum atomic E-state index is -0.211. The first-order valence-electron chi connectivity index (χ1n) is 6.02. The third kappa shape index (κ3) is 8.22. The first-order chi connectivity index (χ1) is 7.24. The fraction of sp³-hybridized carbons (Fsp3) is 0.769. The molecule has 2 nitrogen and oxygen atoms in total. The smallest absolute Gasteiger partial charge is 0.330 e. The molecule has 0 aliphatic heterocycles. The van der Waals surface area contributed by atoms with Crippen LogP contribution in [0.25, 0.3) is 0 Å². The molecule has 0 aromatic carbocycles. The number of methoxy groups -OCH3 is 1. The van der Waals surface area contributed by atoms with E-state index >= 15 is 0 Å². The summed E-state index contributed by atoms with van der Waals surface area (Å²) >= 11 is 0. The van der Waals surface area contributed by atoms with E-state index in [0.717, 1.165) is 19.3 Å². The van der Waals surface area contributed by atoms with E-state index in [1.54, 1.807) is 6.08 Å². The molecule has 2 heteroatoms. The number of unbranched alkanes of at least 4 members (excludes halogenated alkanes) is 3. The third-order valence-electron chi connectivity index (χ3n) is 2.48. The largest absolute Gasteiger partial charge is 0.466 e. The van der Waals surface area contributed by atoms with Crippen molar-refractivity contribution >= 4 is 5.97 Å². The van der Waals surface area contributed by atoms with Crippen molar-refractivity contribution in [2.24, 2.45) is 0 Å². The molecule has 0 aromatic heterocycles. The minimum absolute atomic E-state index is 0.211. The summed E-state index contributed by atoms with van der Waals surface area (Å²) in [6.07, 6.45) is 9.73. The Morgan fingerprint density at radius 2 is 1.67 bits per heavy atom. The molecule has 0 N–H and O–H groups in total. The van der Waals surface area contributed by atoms with E-state index in [1.807, 2.05) is 0 Å². The normalized spacial score (nSPS) is 11.5. The third-order valence-corrected chi connectivity index (χ3v) is 2.48. The van der Waals surface area contributed by atoms with E-state index in [0.29, 0.717) is 0 Å². The lowest BCUT2D eigenvalue weighted by Crippen LogP contribution is -1.98. The molecular weight excluding hydrogens is 188 g/mol. The summed E-state index contributed by atoms with van der Waals surface area (Å²) in [6.45, 7) is 4.36. The van der Waals surface area contributed by atoms with Gasteiger partial charge in [0, 0.05) is 6.08 Å². The molecule has 0 atom stereocenters. The molecule has 0 aliphatic carbocycles. The van der Waals surface area contributed by atoms with E-state index < -0.39 is 0 Å². The van der Waals surface area contributed by atoms with Gasteiger partial charge in [0.15, 0.2) is 0 Å². The molecule has 0 amide bonds. The van der Waals surface area contributed by atoms with Crippen molar-refractivity contribution in [3.63, 3.8) is 0 Å². The van der Waals surface area contributed by atoms with Crippen molar-refractivity contribution in [3.8, 4) is 0 Å². The van der Waals surface area contributed by atoms with Crippen LogP contribution < -0.4 is 0 Å². The monoisotopic (exact) mass is 212 g/mol. The van der Waals surface area contributed by atoms with Crippen LogP contribution in [0.2, 0.25) is 0 Å². The van der Waals surface area contributed by atoms with Gasteiger partial charge in [-0.2, -0.15) is 0 Å². The summed E-state index contributed by atoms with van der Waals surface area (Å²) in [6, 6.07) is 0. The molecule has 0 fully saturated rings. The van der Waals surface area contributed by atoms with E-state index in [1.165, 1.54) is 38.4 Å². The van der Waals surface area contributed by atoms with Gasteiger partial charge < -0.3 is 4.74 Å². The Morgan fingerprint density at radius 3 is 2.20 bits per heavy atom. The van der Waals surface area contributed by atoms with E-state index in [2.05, 4.69) is 18.6 Å². The molecule has 0 aliphatic rings. The maximum atomic E-state index is 11.1. The first-order valence-corrected chi connectivity index (χ1v) is 6.02. The van der Waals surface area contributed by atoms with Crippen LogP contribution in [0, 0.1) is 0 Å². The van der Waals surface area contributed by atoms with Gasteiger partial charge in [-0.25, -0.2) is 4.79 Å². The van der Waals surface area contributed by atoms with Crippen LogP contribution in [0.1, 0.15) is 58.8 Å². The molecule has 0 heterocycles.